The van der Waals surface area contributed by atoms with Gasteiger partial charge in [0.15, 0.2) is 0 Å². The summed E-state index contributed by atoms with van der Waals surface area (Å²) >= 11 is 0. The first-order valence-electron chi connectivity index (χ1n) is 17.3. The van der Waals surface area contributed by atoms with Gasteiger partial charge in [0.2, 0.25) is 0 Å². The molecule has 1 aliphatic carbocycles. The fourth-order valence-electron chi connectivity index (χ4n) is 8.57. The van der Waals surface area contributed by atoms with Crippen molar-refractivity contribution < 1.29 is 0 Å². The summed E-state index contributed by atoms with van der Waals surface area (Å²) in [6.07, 6.45) is 0. The molecule has 0 saturated carbocycles. The molecule has 2 aromatic heterocycles. The minimum Gasteiger partial charge on any atom is -0.309 e. The molecular formula is C48H30N2. The van der Waals surface area contributed by atoms with Gasteiger partial charge in [0.1, 0.15) is 0 Å². The highest BCUT2D eigenvalue weighted by atomic mass is 15.0. The third-order valence-electron chi connectivity index (χ3n) is 10.7. The van der Waals surface area contributed by atoms with Crippen molar-refractivity contribution in [1.82, 2.24) is 9.13 Å². The summed E-state index contributed by atoms with van der Waals surface area (Å²) in [4.78, 5) is 0. The van der Waals surface area contributed by atoms with E-state index in [1.165, 1.54) is 88.1 Å². The minimum atomic E-state index is 1.16. The van der Waals surface area contributed by atoms with Crippen LogP contribution in [0.15, 0.2) is 182 Å². The Morgan fingerprint density at radius 2 is 0.480 bits per heavy atom. The number of para-hydroxylation sites is 4. The molecule has 0 spiro atoms. The molecule has 50 heavy (non-hydrogen) atoms. The van der Waals surface area contributed by atoms with Crippen LogP contribution in [-0.4, -0.2) is 9.13 Å². The standard InChI is InChI=1S/C48H30N2/c1-3-15-35-33(13-1)37-27-25-31(49-45-21-9-5-17-39(45)40-18-6-10-22-46(40)49)30-44(37)36-16-4-2-14-34(36)38-28-26-32(29-43(35)38)50-47-23-11-7-19-41(47)42-20-8-12-24-48(42)50/h1-30H. The highest BCUT2D eigenvalue weighted by Gasteiger charge is 2.24. The van der Waals surface area contributed by atoms with E-state index in [1.807, 2.05) is 0 Å². The van der Waals surface area contributed by atoms with Crippen LogP contribution < -0.4 is 0 Å². The fraction of sp³-hybridized carbons (Fsp3) is 0. The van der Waals surface area contributed by atoms with E-state index in [9.17, 15) is 0 Å². The topological polar surface area (TPSA) is 9.86 Å². The van der Waals surface area contributed by atoms with Crippen molar-refractivity contribution in [3.05, 3.63) is 182 Å². The van der Waals surface area contributed by atoms with E-state index >= 15 is 0 Å². The maximum absolute atomic E-state index is 2.42. The summed E-state index contributed by atoms with van der Waals surface area (Å²) in [6.45, 7) is 0. The molecule has 0 amide bonds. The molecule has 10 aromatic rings. The normalized spacial score (nSPS) is 12.0. The SMILES string of the molecule is c1ccc2c(c1)-c1ccc(-n3c4ccccc4c4ccccc43)cc1-c1ccccc1-c1ccc(-n3c4ccccc4c4ccccc43)cc1-2. The number of aromatic nitrogens is 2. The smallest absolute Gasteiger partial charge is 0.0541 e. The van der Waals surface area contributed by atoms with E-state index in [1.54, 1.807) is 0 Å². The molecule has 0 saturated heterocycles. The number of hydrogen-bond acceptors (Lipinski definition) is 0. The number of fused-ring (bicyclic) bond motifs is 14. The van der Waals surface area contributed by atoms with Crippen LogP contribution in [0, 0.1) is 0 Å². The molecule has 1 aliphatic rings. The van der Waals surface area contributed by atoms with E-state index in [-0.39, 0.29) is 0 Å². The Kier molecular flexibility index (Phi) is 5.70. The molecule has 0 fully saturated rings. The van der Waals surface area contributed by atoms with Crippen molar-refractivity contribution in [2.45, 2.75) is 0 Å². The molecule has 8 aromatic carbocycles. The van der Waals surface area contributed by atoms with Gasteiger partial charge in [-0.3, -0.25) is 0 Å². The highest BCUT2D eigenvalue weighted by Crippen LogP contribution is 2.49. The zero-order chi connectivity index (χ0) is 32.8. The molecule has 0 N–H and O–H groups in total. The monoisotopic (exact) mass is 634 g/mol. The van der Waals surface area contributed by atoms with Gasteiger partial charge in [0, 0.05) is 32.9 Å². The van der Waals surface area contributed by atoms with Gasteiger partial charge in [0.25, 0.3) is 0 Å². The first kappa shape index (κ1) is 27.3. The van der Waals surface area contributed by atoms with E-state index < -0.39 is 0 Å². The van der Waals surface area contributed by atoms with Crippen molar-refractivity contribution in [3.8, 4) is 55.9 Å². The Morgan fingerprint density at radius 3 is 0.820 bits per heavy atom. The summed E-state index contributed by atoms with van der Waals surface area (Å²) in [6, 6.07) is 66.9. The van der Waals surface area contributed by atoms with Gasteiger partial charge in [0.05, 0.1) is 22.1 Å². The van der Waals surface area contributed by atoms with Gasteiger partial charge in [-0.05, 0) is 93.0 Å². The lowest BCUT2D eigenvalue weighted by Gasteiger charge is -2.24. The molecule has 0 bridgehead atoms. The Balaban J connectivity index is 1.19. The van der Waals surface area contributed by atoms with Gasteiger partial charge in [-0.25, -0.2) is 0 Å². The fourth-order valence-corrected chi connectivity index (χ4v) is 8.57. The summed E-state index contributed by atoms with van der Waals surface area (Å²) in [5.74, 6) is 0. The average molecular weight is 635 g/mol. The van der Waals surface area contributed by atoms with Crippen molar-refractivity contribution in [2.75, 3.05) is 0 Å². The lowest BCUT2D eigenvalue weighted by molar-refractivity contribution is 1.18. The Labute approximate surface area is 289 Å². The molecule has 0 radical (unpaired) electrons. The number of benzene rings is 8. The second kappa shape index (κ2) is 10.4. The van der Waals surface area contributed by atoms with Crippen LogP contribution in [-0.2, 0) is 0 Å². The van der Waals surface area contributed by atoms with Gasteiger partial charge < -0.3 is 9.13 Å². The summed E-state index contributed by atoms with van der Waals surface area (Å²) in [7, 11) is 0. The van der Waals surface area contributed by atoms with E-state index in [0.29, 0.717) is 0 Å². The zero-order valence-electron chi connectivity index (χ0n) is 27.2. The summed E-state index contributed by atoms with van der Waals surface area (Å²) < 4.78 is 4.84. The molecule has 232 valence electrons. The summed E-state index contributed by atoms with van der Waals surface area (Å²) in [5.41, 5.74) is 17.1. The summed E-state index contributed by atoms with van der Waals surface area (Å²) in [5, 5.41) is 5.09. The Morgan fingerprint density at radius 1 is 0.220 bits per heavy atom. The lowest BCUT2D eigenvalue weighted by atomic mass is 9.80. The molecule has 0 aliphatic heterocycles. The van der Waals surface area contributed by atoms with E-state index in [0.717, 1.165) is 11.4 Å². The van der Waals surface area contributed by atoms with Crippen LogP contribution in [0.5, 0.6) is 0 Å². The molecule has 11 rings (SSSR count). The maximum Gasteiger partial charge on any atom is 0.0541 e. The van der Waals surface area contributed by atoms with Crippen molar-refractivity contribution in [1.29, 1.82) is 0 Å². The van der Waals surface area contributed by atoms with E-state index in [4.69, 9.17) is 0 Å². The van der Waals surface area contributed by atoms with Crippen molar-refractivity contribution in [2.24, 2.45) is 0 Å². The van der Waals surface area contributed by atoms with Crippen LogP contribution in [0.4, 0.5) is 0 Å². The zero-order valence-corrected chi connectivity index (χ0v) is 27.2. The van der Waals surface area contributed by atoms with Crippen LogP contribution >= 0.6 is 0 Å². The minimum absolute atomic E-state index is 1.16. The predicted octanol–water partition coefficient (Wildman–Crippen LogP) is 12.9. The van der Waals surface area contributed by atoms with Crippen molar-refractivity contribution in [3.63, 3.8) is 0 Å². The second-order valence-corrected chi connectivity index (χ2v) is 13.3. The third kappa shape index (κ3) is 3.79. The van der Waals surface area contributed by atoms with Gasteiger partial charge in [-0.2, -0.15) is 0 Å². The molecule has 0 unspecified atom stereocenters. The van der Waals surface area contributed by atoms with Crippen molar-refractivity contribution >= 4 is 43.6 Å². The molecule has 0 atom stereocenters. The van der Waals surface area contributed by atoms with Crippen LogP contribution in [0.1, 0.15) is 0 Å². The molecule has 2 nitrogen and oxygen atoms in total. The van der Waals surface area contributed by atoms with Crippen LogP contribution in [0.2, 0.25) is 0 Å². The number of rotatable bonds is 2. The first-order valence-corrected chi connectivity index (χ1v) is 17.3. The second-order valence-electron chi connectivity index (χ2n) is 13.3. The maximum atomic E-state index is 2.42. The van der Waals surface area contributed by atoms with Crippen LogP contribution in [0.3, 0.4) is 0 Å². The number of nitrogens with zero attached hydrogens (tertiary/aromatic N) is 2. The third-order valence-corrected chi connectivity index (χ3v) is 10.7. The quantitative estimate of drug-likeness (QED) is 0.179. The molecule has 2 heterocycles. The largest absolute Gasteiger partial charge is 0.309 e. The molecular weight excluding hydrogens is 605 g/mol. The van der Waals surface area contributed by atoms with Gasteiger partial charge >= 0.3 is 0 Å². The number of hydrogen-bond donors (Lipinski definition) is 0. The van der Waals surface area contributed by atoms with Gasteiger partial charge in [-0.1, -0.05) is 133 Å². The lowest BCUT2D eigenvalue weighted by Crippen LogP contribution is -2.01. The van der Waals surface area contributed by atoms with Gasteiger partial charge in [-0.15, -0.1) is 0 Å². The first-order chi connectivity index (χ1) is 24.8. The Hall–Kier alpha value is -6.64. The van der Waals surface area contributed by atoms with E-state index in [2.05, 4.69) is 191 Å². The molecule has 2 heteroatoms. The Bertz CT molecular complexity index is 2680. The average Bonchev–Trinajstić information content (AvgIpc) is 3.70. The predicted molar refractivity (Wildman–Crippen MR) is 210 cm³/mol. The highest BCUT2D eigenvalue weighted by molar-refractivity contribution is 6.11. The van der Waals surface area contributed by atoms with Crippen LogP contribution in [0.25, 0.3) is 99.5 Å².